The summed E-state index contributed by atoms with van der Waals surface area (Å²) in [6.07, 6.45) is -1.22. The van der Waals surface area contributed by atoms with Crippen LogP contribution in [-0.2, 0) is 73.6 Å². The van der Waals surface area contributed by atoms with Gasteiger partial charge in [-0.05, 0) is 110 Å². The second kappa shape index (κ2) is 41.6. The number of ether oxygens (including phenoxy) is 3. The van der Waals surface area contributed by atoms with Gasteiger partial charge >= 0.3 is 6.09 Å². The van der Waals surface area contributed by atoms with Gasteiger partial charge in [0, 0.05) is 65.0 Å². The highest BCUT2D eigenvalue weighted by molar-refractivity contribution is 8.21. The average Bonchev–Trinajstić information content (AvgIpc) is 1.68. The summed E-state index contributed by atoms with van der Waals surface area (Å²) in [4.78, 5) is 168. The van der Waals surface area contributed by atoms with Gasteiger partial charge in [-0.3, -0.25) is 62.5 Å². The Kier molecular flexibility index (Phi) is 35.8. The standard InChI is InChI=1S/C70H107N11O16S4/c1-16-40(8)56(50(95-14)33-52(83)80-32-22-25-49(80)58(96-15)41(9)61(85)73-42(10)57(84)45-23-18-17-19-24-45)78(12)65(89)54(38(4)5)77-64(88)55(39(6)7)79(13)70(94)97-34-44-27-29-46(30-28-44)75-62(86)43(11)74-63(87)53(37(2)3)76-51(82)26-20-21-31-81-66(90)59(100-68(92)47(71)35-98)60(67(81)91)101-69(93)48(72)36-99/h17-19,23-24,27-30,37-43,47-50,53-58,84,98-99H,16,20-22,25-26,31-36,71-72H2,1-15H3,(H,73,85)(H,74,87)(H,75,86)(H,76,82)(H,77,88)/t40-,41-,42+,43-,47+,48+,49+,50-,53-,54+,55+,56+,57+,58-/m1/s1. The SMILES string of the molecule is CC[C@@H](C)[C@@H]([C@@H](CC(=O)N1CCC[C@H]1[C@H](OC)[C@@H](C)C(=O)N[C@@H](C)[C@H](O)c1ccccc1)OC)N(C)C(=O)[C@@H](NC(=O)[C@H](C(C)C)N(C)C(=O)OCc1ccc(NC(=O)[C@@H](C)NC(=O)[C@H](NC(=O)CCCCN2C(=O)C(SC(=O)[C@@H](N)CS)=C(SC(=O)[C@@H](N)CS)C2=O)C(C)C)cc1)C(C)C. The molecule has 0 spiro atoms. The lowest BCUT2D eigenvalue weighted by molar-refractivity contribution is -0.148. The Morgan fingerprint density at radius 1 is 0.693 bits per heavy atom. The number of imide groups is 1. The summed E-state index contributed by atoms with van der Waals surface area (Å²) >= 11 is 8.95. The number of hydrogen-bond donors (Lipinski definition) is 10. The maximum atomic E-state index is 14.8. The summed E-state index contributed by atoms with van der Waals surface area (Å²) in [5.74, 6) is -7.14. The van der Waals surface area contributed by atoms with E-state index < -0.39 is 154 Å². The van der Waals surface area contributed by atoms with E-state index in [1.54, 1.807) is 109 Å². The van der Waals surface area contributed by atoms with E-state index in [0.29, 0.717) is 66.1 Å². The van der Waals surface area contributed by atoms with Crippen LogP contribution in [0.15, 0.2) is 64.4 Å². The molecule has 101 heavy (non-hydrogen) atoms. The molecule has 2 aromatic rings. The van der Waals surface area contributed by atoms with Crippen molar-refractivity contribution in [3.05, 3.63) is 75.5 Å². The number of carbonyl (C=O) groups is 12. The van der Waals surface area contributed by atoms with Gasteiger partial charge in [0.05, 0.1) is 60.9 Å². The molecule has 0 unspecified atom stereocenters. The van der Waals surface area contributed by atoms with Crippen LogP contribution in [0.5, 0.6) is 0 Å². The van der Waals surface area contributed by atoms with Crippen molar-refractivity contribution < 1.29 is 76.9 Å². The molecule has 14 atom stereocenters. The van der Waals surface area contributed by atoms with Crippen LogP contribution in [0.2, 0.25) is 0 Å². The van der Waals surface area contributed by atoms with Crippen molar-refractivity contribution in [3.63, 3.8) is 0 Å². The molecule has 2 aliphatic heterocycles. The lowest BCUT2D eigenvalue weighted by Crippen LogP contribution is -2.60. The zero-order chi connectivity index (χ0) is 75.9. The van der Waals surface area contributed by atoms with Gasteiger partial charge in [0.2, 0.25) is 51.6 Å². The predicted molar refractivity (Wildman–Crippen MR) is 394 cm³/mol. The third-order valence-corrected chi connectivity index (χ3v) is 21.3. The number of amides is 10. The van der Waals surface area contributed by atoms with Crippen LogP contribution in [0.25, 0.3) is 0 Å². The summed E-state index contributed by atoms with van der Waals surface area (Å²) in [7, 11) is 6.07. The number of anilines is 1. The molecule has 0 radical (unpaired) electrons. The normalized spacial score (nSPS) is 17.9. The number of carbonyl (C=O) groups excluding carboxylic acids is 12. The fourth-order valence-corrected chi connectivity index (χ4v) is 14.4. The molecule has 0 bridgehead atoms. The number of nitrogens with zero attached hydrogens (tertiary/aromatic N) is 4. The number of hydrogen-bond acceptors (Lipinski definition) is 22. The van der Waals surface area contributed by atoms with Gasteiger partial charge in [-0.2, -0.15) is 25.3 Å². The summed E-state index contributed by atoms with van der Waals surface area (Å²) in [6, 6.07) is 7.35. The van der Waals surface area contributed by atoms with Crippen molar-refractivity contribution in [2.45, 2.75) is 200 Å². The largest absolute Gasteiger partial charge is 0.445 e. The second-order valence-corrected chi connectivity index (χ2v) is 29.6. The molecule has 0 aromatic heterocycles. The lowest BCUT2D eigenvalue weighted by Gasteiger charge is -2.41. The molecule has 0 saturated carbocycles. The number of methoxy groups -OCH3 is 2. The summed E-state index contributed by atoms with van der Waals surface area (Å²) in [6.45, 7) is 19.5. The van der Waals surface area contributed by atoms with E-state index in [2.05, 4.69) is 51.8 Å². The van der Waals surface area contributed by atoms with E-state index >= 15 is 0 Å². The highest BCUT2D eigenvalue weighted by atomic mass is 32.2. The van der Waals surface area contributed by atoms with Crippen LogP contribution in [0.3, 0.4) is 0 Å². The topological polar surface area (TPSA) is 378 Å². The summed E-state index contributed by atoms with van der Waals surface area (Å²) < 4.78 is 17.7. The van der Waals surface area contributed by atoms with Crippen LogP contribution in [-0.4, -0.2) is 214 Å². The van der Waals surface area contributed by atoms with Gasteiger partial charge < -0.3 is 67.2 Å². The second-order valence-electron chi connectivity index (χ2n) is 26.8. The van der Waals surface area contributed by atoms with Crippen LogP contribution in [0, 0.1) is 29.6 Å². The minimum Gasteiger partial charge on any atom is -0.445 e. The Hall–Kier alpha value is -6.58. The van der Waals surface area contributed by atoms with Crippen molar-refractivity contribution in [1.29, 1.82) is 0 Å². The quantitative estimate of drug-likeness (QED) is 0.0240. The number of aliphatic hydroxyl groups is 1. The number of benzene rings is 2. The Balaban J connectivity index is 1.31. The molecular weight excluding hydrogens is 1380 g/mol. The molecule has 562 valence electrons. The maximum Gasteiger partial charge on any atom is 0.410 e. The van der Waals surface area contributed by atoms with Crippen molar-refractivity contribution in [2.24, 2.45) is 41.1 Å². The first-order valence-electron chi connectivity index (χ1n) is 34.2. The van der Waals surface area contributed by atoms with Gasteiger partial charge in [0.25, 0.3) is 11.8 Å². The Bertz CT molecular complexity index is 3180. The minimum atomic E-state index is -1.09. The number of likely N-dealkylation sites (N-methyl/N-ethyl adjacent to an activating group) is 2. The first-order chi connectivity index (χ1) is 47.6. The van der Waals surface area contributed by atoms with E-state index in [1.165, 1.54) is 33.1 Å². The number of nitrogens with two attached hydrogens (primary N) is 2. The van der Waals surface area contributed by atoms with Gasteiger partial charge in [-0.1, -0.05) is 111 Å². The number of thiol groups is 2. The number of nitrogens with one attached hydrogen (secondary N) is 5. The molecule has 31 heteroatoms. The fraction of sp³-hybridized carbons (Fsp3) is 0.629. The molecule has 10 amide bonds. The van der Waals surface area contributed by atoms with Crippen molar-refractivity contribution >= 4 is 124 Å². The number of thioether (sulfide) groups is 2. The Morgan fingerprint density at radius 3 is 1.78 bits per heavy atom. The number of rotatable bonds is 39. The molecule has 2 heterocycles. The minimum absolute atomic E-state index is 0.0267. The van der Waals surface area contributed by atoms with Gasteiger partial charge in [-0.15, -0.1) is 0 Å². The van der Waals surface area contributed by atoms with E-state index in [4.69, 9.17) is 25.7 Å². The first-order valence-corrected chi connectivity index (χ1v) is 37.1. The lowest BCUT2D eigenvalue weighted by atomic mass is 9.89. The van der Waals surface area contributed by atoms with Crippen LogP contribution in [0.4, 0.5) is 10.5 Å². The zero-order valence-corrected chi connectivity index (χ0v) is 64.1. The molecule has 4 rings (SSSR count). The number of likely N-dealkylation sites (tertiary alicyclic amines) is 1. The highest BCUT2D eigenvalue weighted by Crippen LogP contribution is 2.38. The number of unbranched alkanes of at least 4 members (excludes halogenated alkanes) is 1. The highest BCUT2D eigenvalue weighted by Gasteiger charge is 2.45. The Morgan fingerprint density at radius 2 is 1.27 bits per heavy atom. The van der Waals surface area contributed by atoms with Gasteiger partial charge in [-0.25, -0.2) is 4.79 Å². The first kappa shape index (κ1) is 86.8. The fourth-order valence-electron chi connectivity index (χ4n) is 12.0. The third kappa shape index (κ3) is 24.3. The molecule has 0 aliphatic carbocycles. The third-order valence-electron chi connectivity index (χ3n) is 18.2. The van der Waals surface area contributed by atoms with E-state index in [1.807, 2.05) is 32.0 Å². The molecule has 1 saturated heterocycles. The summed E-state index contributed by atoms with van der Waals surface area (Å²) in [5.41, 5.74) is 13.1. The van der Waals surface area contributed by atoms with Gasteiger partial charge in [0.15, 0.2) is 0 Å². The molecule has 2 aliphatic rings. The molecule has 1 fully saturated rings. The van der Waals surface area contributed by atoms with Crippen molar-refractivity contribution in [1.82, 2.24) is 40.9 Å². The molecular formula is C70H107N11O16S4. The summed E-state index contributed by atoms with van der Waals surface area (Å²) in [5, 5.41) is 23.6. The van der Waals surface area contributed by atoms with E-state index in [9.17, 15) is 62.6 Å². The molecule has 2 aromatic carbocycles. The van der Waals surface area contributed by atoms with Crippen molar-refractivity contribution in [3.8, 4) is 0 Å². The average molecular weight is 1490 g/mol. The Labute approximate surface area is 613 Å². The van der Waals surface area contributed by atoms with Crippen LogP contribution >= 0.6 is 48.8 Å². The predicted octanol–water partition coefficient (Wildman–Crippen LogP) is 4.95. The maximum absolute atomic E-state index is 14.8. The number of aliphatic hydroxyl groups excluding tert-OH is 1. The zero-order valence-electron chi connectivity index (χ0n) is 60.7. The monoisotopic (exact) mass is 1490 g/mol. The molecule has 10 N–H and O–H groups in total. The smallest absolute Gasteiger partial charge is 0.410 e. The van der Waals surface area contributed by atoms with Crippen molar-refractivity contribution in [2.75, 3.05) is 58.2 Å². The van der Waals surface area contributed by atoms with Crippen LogP contribution in [0.1, 0.15) is 138 Å². The molecule has 27 nitrogen and oxygen atoms in total. The van der Waals surface area contributed by atoms with Crippen LogP contribution < -0.4 is 38.1 Å². The van der Waals surface area contributed by atoms with E-state index in [-0.39, 0.29) is 77.9 Å². The van der Waals surface area contributed by atoms with Gasteiger partial charge in [0.1, 0.15) is 40.6 Å². The van der Waals surface area contributed by atoms with E-state index in [0.717, 1.165) is 4.90 Å².